The average Bonchev–Trinajstić information content (AvgIpc) is 3.09. The lowest BCUT2D eigenvalue weighted by Crippen LogP contribution is -2.21. The number of carbonyl (C=O) groups is 2. The van der Waals surface area contributed by atoms with Crippen molar-refractivity contribution in [3.05, 3.63) is 34.9 Å². The van der Waals surface area contributed by atoms with Crippen LogP contribution in [0.25, 0.3) is 0 Å². The van der Waals surface area contributed by atoms with Crippen LogP contribution in [-0.2, 0) is 9.59 Å². The van der Waals surface area contributed by atoms with Crippen LogP contribution in [0.5, 0.6) is 0 Å². The molecule has 0 unspecified atom stereocenters. The number of carboxylic acid groups (broad SMARTS) is 1. The number of hydrogen-bond acceptors (Lipinski definition) is 2. The predicted molar refractivity (Wildman–Crippen MR) is 65.2 cm³/mol. The predicted octanol–water partition coefficient (Wildman–Crippen LogP) is 2.56. The van der Waals surface area contributed by atoms with Crippen LogP contribution < -0.4 is 5.73 Å². The van der Waals surface area contributed by atoms with Crippen molar-refractivity contribution >= 4 is 23.5 Å². The third-order valence-corrected chi connectivity index (χ3v) is 3.05. The van der Waals surface area contributed by atoms with Crippen molar-refractivity contribution in [3.8, 4) is 0 Å². The highest BCUT2D eigenvalue weighted by molar-refractivity contribution is 6.31. The topological polar surface area (TPSA) is 80.4 Å². The average molecular weight is 310 g/mol. The van der Waals surface area contributed by atoms with Gasteiger partial charge in [0.05, 0.1) is 0 Å². The second-order valence-electron chi connectivity index (χ2n) is 4.18. The Labute approximate surface area is 117 Å². The van der Waals surface area contributed by atoms with Crippen LogP contribution in [0.15, 0.2) is 24.3 Å². The molecule has 2 rings (SSSR count). The summed E-state index contributed by atoms with van der Waals surface area (Å²) in [7, 11) is 0. The number of halogens is 4. The highest BCUT2D eigenvalue weighted by atomic mass is 35.5. The van der Waals surface area contributed by atoms with Gasteiger partial charge >= 0.3 is 12.1 Å². The minimum absolute atomic E-state index is 0.0000926. The summed E-state index contributed by atoms with van der Waals surface area (Å²) >= 11 is 5.98. The molecule has 1 aromatic rings. The van der Waals surface area contributed by atoms with E-state index in [4.69, 9.17) is 27.2 Å². The van der Waals surface area contributed by atoms with Gasteiger partial charge in [-0.05, 0) is 24.0 Å². The molecule has 1 aliphatic rings. The minimum atomic E-state index is -5.08. The fourth-order valence-electron chi connectivity index (χ4n) is 1.63. The molecule has 0 saturated heterocycles. The van der Waals surface area contributed by atoms with E-state index in [9.17, 15) is 18.0 Å². The first-order chi connectivity index (χ1) is 9.14. The normalized spacial score (nSPS) is 20.6. The summed E-state index contributed by atoms with van der Waals surface area (Å²) in [6.45, 7) is 0. The lowest BCUT2D eigenvalue weighted by molar-refractivity contribution is -0.192. The van der Waals surface area contributed by atoms with Crippen LogP contribution in [0, 0.1) is 5.92 Å². The number of alkyl halides is 3. The number of amides is 1. The van der Waals surface area contributed by atoms with Gasteiger partial charge in [-0.1, -0.05) is 29.8 Å². The van der Waals surface area contributed by atoms with Gasteiger partial charge in [0.2, 0.25) is 5.91 Å². The third kappa shape index (κ3) is 4.41. The lowest BCUT2D eigenvalue weighted by atomic mass is 10.1. The molecule has 0 bridgehead atoms. The lowest BCUT2D eigenvalue weighted by Gasteiger charge is -2.00. The van der Waals surface area contributed by atoms with Gasteiger partial charge in [-0.15, -0.1) is 0 Å². The maximum atomic E-state index is 10.8. The molecule has 1 aliphatic carbocycles. The summed E-state index contributed by atoms with van der Waals surface area (Å²) in [5.41, 5.74) is 6.24. The molecule has 0 aliphatic heterocycles. The monoisotopic (exact) mass is 309 g/mol. The Balaban J connectivity index is 0.000000246. The van der Waals surface area contributed by atoms with E-state index in [0.717, 1.165) is 17.0 Å². The van der Waals surface area contributed by atoms with Gasteiger partial charge in [0.15, 0.2) is 0 Å². The molecule has 3 N–H and O–H groups in total. The fraction of sp³-hybridized carbons (Fsp3) is 0.333. The van der Waals surface area contributed by atoms with Gasteiger partial charge in [0, 0.05) is 10.9 Å². The Morgan fingerprint density at radius 1 is 1.30 bits per heavy atom. The largest absolute Gasteiger partial charge is 0.490 e. The second kappa shape index (κ2) is 6.13. The van der Waals surface area contributed by atoms with Crippen LogP contribution in [-0.4, -0.2) is 23.2 Å². The molecule has 4 nitrogen and oxygen atoms in total. The van der Waals surface area contributed by atoms with Crippen LogP contribution in [0.4, 0.5) is 13.2 Å². The van der Waals surface area contributed by atoms with Gasteiger partial charge in [0.25, 0.3) is 0 Å². The zero-order valence-corrected chi connectivity index (χ0v) is 10.8. The van der Waals surface area contributed by atoms with E-state index >= 15 is 0 Å². The highest BCUT2D eigenvalue weighted by Crippen LogP contribution is 2.49. The number of carbonyl (C=O) groups excluding carboxylic acids is 1. The number of primary amides is 1. The second-order valence-corrected chi connectivity index (χ2v) is 4.58. The van der Waals surface area contributed by atoms with E-state index in [2.05, 4.69) is 0 Å². The Morgan fingerprint density at radius 2 is 1.80 bits per heavy atom. The molecule has 8 heteroatoms. The van der Waals surface area contributed by atoms with Crippen molar-refractivity contribution in [2.75, 3.05) is 0 Å². The molecule has 2 atom stereocenters. The number of hydrogen-bond donors (Lipinski definition) is 2. The Bertz CT molecular complexity index is 519. The molecule has 1 aromatic carbocycles. The maximum absolute atomic E-state index is 10.8. The van der Waals surface area contributed by atoms with E-state index in [1.807, 2.05) is 24.3 Å². The Kier molecular flexibility index (Phi) is 4.99. The standard InChI is InChI=1S/C10H10ClNO.C2HF3O2/c11-9-4-2-1-3-6(9)7-5-8(7)10(12)13;3-2(4,5)1(6)7/h1-4,7-8H,5H2,(H2,12,13);(H,6,7)/t7-,8-;/m1./s1. The van der Waals surface area contributed by atoms with Crippen LogP contribution in [0.1, 0.15) is 17.9 Å². The minimum Gasteiger partial charge on any atom is -0.475 e. The molecule has 0 aromatic heterocycles. The summed E-state index contributed by atoms with van der Waals surface area (Å²) in [5, 5.41) is 7.86. The first-order valence-corrected chi connectivity index (χ1v) is 5.86. The third-order valence-electron chi connectivity index (χ3n) is 2.70. The smallest absolute Gasteiger partial charge is 0.475 e. The van der Waals surface area contributed by atoms with Gasteiger partial charge < -0.3 is 10.8 Å². The maximum Gasteiger partial charge on any atom is 0.490 e. The van der Waals surface area contributed by atoms with E-state index in [-0.39, 0.29) is 17.7 Å². The number of aliphatic carboxylic acids is 1. The van der Waals surface area contributed by atoms with Crippen molar-refractivity contribution in [1.82, 2.24) is 0 Å². The van der Waals surface area contributed by atoms with Crippen molar-refractivity contribution in [2.45, 2.75) is 18.5 Å². The van der Waals surface area contributed by atoms with Crippen molar-refractivity contribution in [2.24, 2.45) is 11.7 Å². The Hall–Kier alpha value is -1.76. The number of carboxylic acids is 1. The first-order valence-electron chi connectivity index (χ1n) is 5.48. The van der Waals surface area contributed by atoms with Gasteiger partial charge in [0.1, 0.15) is 0 Å². The molecule has 1 amide bonds. The van der Waals surface area contributed by atoms with Gasteiger partial charge in [-0.2, -0.15) is 13.2 Å². The fourth-order valence-corrected chi connectivity index (χ4v) is 1.90. The number of benzene rings is 1. The summed E-state index contributed by atoms with van der Waals surface area (Å²) in [4.78, 5) is 19.7. The van der Waals surface area contributed by atoms with Crippen LogP contribution in [0.2, 0.25) is 5.02 Å². The van der Waals surface area contributed by atoms with Crippen molar-refractivity contribution in [1.29, 1.82) is 0 Å². The summed E-state index contributed by atoms with van der Waals surface area (Å²) in [6, 6.07) is 7.61. The van der Waals surface area contributed by atoms with E-state index in [1.54, 1.807) is 0 Å². The van der Waals surface area contributed by atoms with Gasteiger partial charge in [-0.3, -0.25) is 4.79 Å². The van der Waals surface area contributed by atoms with Crippen molar-refractivity contribution < 1.29 is 27.9 Å². The summed E-state index contributed by atoms with van der Waals surface area (Å²) in [5.74, 6) is -2.72. The zero-order chi connectivity index (χ0) is 15.5. The zero-order valence-electron chi connectivity index (χ0n) is 10.0. The molecular weight excluding hydrogens is 299 g/mol. The molecule has 1 fully saturated rings. The number of nitrogens with two attached hydrogens (primary N) is 1. The van der Waals surface area contributed by atoms with Crippen molar-refractivity contribution in [3.63, 3.8) is 0 Å². The van der Waals surface area contributed by atoms with Gasteiger partial charge in [-0.25, -0.2) is 4.79 Å². The summed E-state index contributed by atoms with van der Waals surface area (Å²) in [6.07, 6.45) is -4.24. The molecule has 1 saturated carbocycles. The molecular formula is C12H11ClF3NO3. The summed E-state index contributed by atoms with van der Waals surface area (Å²) < 4.78 is 31.7. The molecule has 0 spiro atoms. The quantitative estimate of drug-likeness (QED) is 0.881. The highest BCUT2D eigenvalue weighted by Gasteiger charge is 2.43. The Morgan fingerprint density at radius 3 is 2.15 bits per heavy atom. The SMILES string of the molecule is NC(=O)[C@@H]1C[C@@H]1c1ccccc1Cl.O=C(O)C(F)(F)F. The van der Waals surface area contributed by atoms with E-state index in [1.165, 1.54) is 0 Å². The molecule has 110 valence electrons. The molecule has 20 heavy (non-hydrogen) atoms. The van der Waals surface area contributed by atoms with E-state index < -0.39 is 12.1 Å². The molecule has 0 radical (unpaired) electrons. The van der Waals surface area contributed by atoms with Crippen LogP contribution in [0.3, 0.4) is 0 Å². The van der Waals surface area contributed by atoms with E-state index in [0.29, 0.717) is 0 Å². The van der Waals surface area contributed by atoms with Crippen LogP contribution >= 0.6 is 11.6 Å². The first kappa shape index (κ1) is 16.3. The number of rotatable bonds is 2. The molecule has 0 heterocycles.